The summed E-state index contributed by atoms with van der Waals surface area (Å²) in [6.45, 7) is 0. The molecule has 0 rings (SSSR count). The van der Waals surface area contributed by atoms with Gasteiger partial charge < -0.3 is 24.6 Å². The van der Waals surface area contributed by atoms with Gasteiger partial charge in [0.25, 0.3) is 0 Å². The summed E-state index contributed by atoms with van der Waals surface area (Å²) in [6, 6.07) is 0. The van der Waals surface area contributed by atoms with E-state index in [0.717, 1.165) is 0 Å². The van der Waals surface area contributed by atoms with E-state index in [1.807, 2.05) is 0 Å². The van der Waals surface area contributed by atoms with E-state index in [9.17, 15) is 0 Å². The molecule has 0 saturated heterocycles. The van der Waals surface area contributed by atoms with E-state index in [-0.39, 0.29) is 51.4 Å². The van der Waals surface area contributed by atoms with Crippen molar-refractivity contribution >= 4 is 13.5 Å². The van der Waals surface area contributed by atoms with Crippen LogP contribution in [-0.4, -0.2) is 23.5 Å². The minimum absolute atomic E-state index is 0. The van der Waals surface area contributed by atoms with E-state index in [1.54, 1.807) is 0 Å². The van der Waals surface area contributed by atoms with Crippen molar-refractivity contribution < 1.29 is 76.0 Å². The molecule has 0 bridgehead atoms. The van der Waals surface area contributed by atoms with Gasteiger partial charge in [0.1, 0.15) is 0 Å². The molecular weight excluding hydrogens is 142 g/mol. The van der Waals surface area contributed by atoms with Gasteiger partial charge in [0, 0.05) is 0 Å². The summed E-state index contributed by atoms with van der Waals surface area (Å²) in [6.07, 6.45) is -1.96. The summed E-state index contributed by atoms with van der Waals surface area (Å²) < 4.78 is 3.17. The van der Waals surface area contributed by atoms with Crippen molar-refractivity contribution in [2.24, 2.45) is 0 Å². The molecule has 0 aromatic carbocycles. The van der Waals surface area contributed by atoms with Gasteiger partial charge in [0.2, 0.25) is 6.16 Å². The van der Waals surface area contributed by atoms with Crippen LogP contribution in [0.1, 0.15) is 0 Å². The van der Waals surface area contributed by atoms with Crippen LogP contribution in [-0.2, 0) is 4.65 Å². The molecule has 0 radical (unpaired) electrons. The van der Waals surface area contributed by atoms with Crippen LogP contribution < -0.4 is 56.5 Å². The third-order valence-electron chi connectivity index (χ3n) is 0.202. The van der Waals surface area contributed by atoms with E-state index in [4.69, 9.17) is 19.9 Å². The first-order chi connectivity index (χ1) is 3.13. The Morgan fingerprint density at radius 1 is 1.62 bits per heavy atom. The zero-order valence-electron chi connectivity index (χ0n) is 4.20. The van der Waals surface area contributed by atoms with Crippen LogP contribution in [0, 0.1) is 0 Å². The Kier molecular flexibility index (Phi) is 8.77. The molecule has 40 valence electrons. The molecule has 0 heterocycles. The standard InChI is InChI=1S/CH3BO5.K/c3-1(4)7-2(5)6;/h5-6H,(H,3,4);/q;+1/p-1. The second-order valence-electron chi connectivity index (χ2n) is 0.694. The number of hydrogen-bond donors (Lipinski definition) is 2. The average Bonchev–Trinajstić information content (AvgIpc) is 1.27. The van der Waals surface area contributed by atoms with Crippen LogP contribution in [0.25, 0.3) is 0 Å². The number of rotatable bonds is 1. The fraction of sp³-hybridized carbons (Fsp3) is 0. The Morgan fingerprint density at radius 2 is 2.00 bits per heavy atom. The van der Waals surface area contributed by atoms with Crippen LogP contribution in [0.15, 0.2) is 0 Å². The smallest absolute Gasteiger partial charge is 0.553 e. The second kappa shape index (κ2) is 6.02. The Balaban J connectivity index is 0. The zero-order valence-corrected chi connectivity index (χ0v) is 7.32. The van der Waals surface area contributed by atoms with Gasteiger partial charge >= 0.3 is 58.7 Å². The van der Waals surface area contributed by atoms with Crippen LogP contribution in [0.4, 0.5) is 4.79 Å². The maximum atomic E-state index is 9.16. The summed E-state index contributed by atoms with van der Waals surface area (Å²) in [4.78, 5) is 9.16. The van der Waals surface area contributed by atoms with E-state index in [2.05, 4.69) is 4.65 Å². The van der Waals surface area contributed by atoms with Gasteiger partial charge in [-0.2, -0.15) is 0 Å². The predicted molar refractivity (Wildman–Crippen MR) is 16.7 cm³/mol. The Morgan fingerprint density at radius 3 is 2.00 bits per heavy atom. The average molecular weight is 144 g/mol. The fourth-order valence-corrected chi connectivity index (χ4v) is 0.0861. The van der Waals surface area contributed by atoms with E-state index in [0.29, 0.717) is 0 Å². The molecule has 0 aliphatic heterocycles. The third kappa shape index (κ3) is 10.00. The molecule has 5 nitrogen and oxygen atoms in total. The van der Waals surface area contributed by atoms with E-state index < -0.39 is 13.5 Å². The van der Waals surface area contributed by atoms with Crippen molar-refractivity contribution in [2.75, 3.05) is 0 Å². The molecule has 0 aromatic heterocycles. The molecule has 0 amide bonds. The molecule has 0 spiro atoms. The first-order valence-corrected chi connectivity index (χ1v) is 1.36. The molecule has 0 fully saturated rings. The summed E-state index contributed by atoms with van der Waals surface area (Å²) >= 11 is 0. The van der Waals surface area contributed by atoms with Gasteiger partial charge in [-0.15, -0.1) is 0 Å². The third-order valence-corrected chi connectivity index (χ3v) is 0.202. The minimum Gasteiger partial charge on any atom is -0.553 e. The normalized spacial score (nSPS) is 6.75. The molecule has 8 heavy (non-hydrogen) atoms. The minimum atomic E-state index is -2.29. The Bertz CT molecular complexity index is 72.8. The van der Waals surface area contributed by atoms with Gasteiger partial charge in [-0.3, -0.25) is 0 Å². The quantitative estimate of drug-likeness (QED) is 0.358. The first-order valence-electron chi connectivity index (χ1n) is 1.36. The molecule has 2 N–H and O–H groups in total. The van der Waals surface area contributed by atoms with Crippen LogP contribution in [0.3, 0.4) is 0 Å². The Hall–Kier alpha value is 0.891. The number of carbonyl (C=O) groups excluding carboxylic acids is 1. The van der Waals surface area contributed by atoms with Crippen molar-refractivity contribution in [1.82, 2.24) is 0 Å². The molecule has 0 aliphatic carbocycles. The maximum absolute atomic E-state index is 9.16. The largest absolute Gasteiger partial charge is 1.00 e. The topological polar surface area (TPSA) is 89.8 Å². The van der Waals surface area contributed by atoms with Gasteiger partial charge in [0.05, 0.1) is 0 Å². The SMILES string of the molecule is O=C([O-])OB(O)O.[K+]. The summed E-state index contributed by atoms with van der Waals surface area (Å²) in [5, 5.41) is 24.4. The first kappa shape index (κ1) is 11.7. The van der Waals surface area contributed by atoms with Gasteiger partial charge in [0.15, 0.2) is 0 Å². The van der Waals surface area contributed by atoms with Crippen molar-refractivity contribution in [3.05, 3.63) is 0 Å². The van der Waals surface area contributed by atoms with Gasteiger partial charge in [-0.25, -0.2) is 0 Å². The Labute approximate surface area is 88.2 Å². The zero-order chi connectivity index (χ0) is 5.86. The van der Waals surface area contributed by atoms with Crippen molar-refractivity contribution in [3.8, 4) is 0 Å². The number of carboxylic acid groups (broad SMARTS) is 1. The molecule has 0 aromatic rings. The summed E-state index contributed by atoms with van der Waals surface area (Å²) in [5.41, 5.74) is 0. The second-order valence-corrected chi connectivity index (χ2v) is 0.694. The maximum Gasteiger partial charge on any atom is 1.00 e. The van der Waals surface area contributed by atoms with Crippen LogP contribution in [0.5, 0.6) is 0 Å². The molecule has 0 atom stereocenters. The molecule has 7 heteroatoms. The monoisotopic (exact) mass is 144 g/mol. The van der Waals surface area contributed by atoms with E-state index in [1.165, 1.54) is 0 Å². The van der Waals surface area contributed by atoms with Crippen LogP contribution in [0.2, 0.25) is 0 Å². The fourth-order valence-electron chi connectivity index (χ4n) is 0.0861. The number of hydrogen-bond acceptors (Lipinski definition) is 5. The van der Waals surface area contributed by atoms with Crippen molar-refractivity contribution in [3.63, 3.8) is 0 Å². The molecule has 0 aliphatic rings. The van der Waals surface area contributed by atoms with Crippen LogP contribution >= 0.6 is 0 Å². The molecule has 0 unspecified atom stereocenters. The van der Waals surface area contributed by atoms with E-state index >= 15 is 0 Å². The summed E-state index contributed by atoms with van der Waals surface area (Å²) in [7, 11) is -2.29. The molecular formula is CH2BKO5. The van der Waals surface area contributed by atoms with Crippen molar-refractivity contribution in [1.29, 1.82) is 0 Å². The summed E-state index contributed by atoms with van der Waals surface area (Å²) in [5.74, 6) is 0. The van der Waals surface area contributed by atoms with Gasteiger partial charge in [-0.1, -0.05) is 0 Å². The van der Waals surface area contributed by atoms with Gasteiger partial charge in [-0.05, 0) is 0 Å². The molecule has 0 saturated carbocycles. The van der Waals surface area contributed by atoms with Crippen molar-refractivity contribution in [2.45, 2.75) is 0 Å². The number of carbonyl (C=O) groups is 1. The predicted octanol–water partition coefficient (Wildman–Crippen LogP) is -5.68.